The summed E-state index contributed by atoms with van der Waals surface area (Å²) in [6, 6.07) is 12.5. The van der Waals surface area contributed by atoms with Gasteiger partial charge in [-0.1, -0.05) is 38.1 Å². The summed E-state index contributed by atoms with van der Waals surface area (Å²) in [4.78, 5) is 4.11. The molecule has 0 amide bonds. The van der Waals surface area contributed by atoms with Crippen LogP contribution in [0, 0.1) is 0 Å². The average Bonchev–Trinajstić information content (AvgIpc) is 2.39. The molecule has 1 heterocycles. The van der Waals surface area contributed by atoms with Crippen LogP contribution in [0.2, 0.25) is 0 Å². The predicted octanol–water partition coefficient (Wildman–Crippen LogP) is 3.84. The monoisotopic (exact) mass is 226 g/mol. The van der Waals surface area contributed by atoms with Crippen LogP contribution in [-0.2, 0) is 0 Å². The molecule has 0 spiro atoms. The maximum Gasteiger partial charge on any atom is 0.123 e. The molecule has 0 radical (unpaired) electrons. The minimum absolute atomic E-state index is 0.560. The number of hydrogen-bond donors (Lipinski definition) is 1. The van der Waals surface area contributed by atoms with Gasteiger partial charge in [0.1, 0.15) is 5.82 Å². The van der Waals surface area contributed by atoms with Gasteiger partial charge in [-0.15, -0.1) is 0 Å². The van der Waals surface area contributed by atoms with Crippen molar-refractivity contribution >= 4 is 5.82 Å². The van der Waals surface area contributed by atoms with Crippen molar-refractivity contribution < 1.29 is 0 Å². The molecule has 0 saturated carbocycles. The van der Waals surface area contributed by atoms with Gasteiger partial charge in [-0.3, -0.25) is 0 Å². The van der Waals surface area contributed by atoms with Gasteiger partial charge in [0, 0.05) is 11.8 Å². The van der Waals surface area contributed by atoms with E-state index in [1.54, 1.807) is 0 Å². The highest BCUT2D eigenvalue weighted by Crippen LogP contribution is 2.23. The molecule has 1 unspecified atom stereocenters. The van der Waals surface area contributed by atoms with E-state index in [1.165, 1.54) is 17.5 Å². The molecule has 0 fully saturated rings. The molecule has 88 valence electrons. The van der Waals surface area contributed by atoms with E-state index in [9.17, 15) is 0 Å². The lowest BCUT2D eigenvalue weighted by Gasteiger charge is -2.09. The summed E-state index contributed by atoms with van der Waals surface area (Å²) in [5.41, 5.74) is 9.26. The molecule has 1 aromatic carbocycles. The highest BCUT2D eigenvalue weighted by Gasteiger charge is 2.03. The van der Waals surface area contributed by atoms with Gasteiger partial charge in [-0.05, 0) is 35.6 Å². The highest BCUT2D eigenvalue weighted by molar-refractivity contribution is 5.63. The molecule has 2 aromatic rings. The van der Waals surface area contributed by atoms with Crippen LogP contribution in [0.4, 0.5) is 5.82 Å². The van der Waals surface area contributed by atoms with E-state index in [1.807, 2.05) is 18.3 Å². The maximum absolute atomic E-state index is 5.58. The predicted molar refractivity (Wildman–Crippen MR) is 72.8 cm³/mol. The number of hydrogen-bond acceptors (Lipinski definition) is 2. The molecule has 1 aromatic heterocycles. The van der Waals surface area contributed by atoms with Crippen molar-refractivity contribution in [3.05, 3.63) is 48.2 Å². The second-order valence-electron chi connectivity index (χ2n) is 4.40. The van der Waals surface area contributed by atoms with Crippen molar-refractivity contribution in [3.63, 3.8) is 0 Å². The summed E-state index contributed by atoms with van der Waals surface area (Å²) < 4.78 is 0. The third-order valence-electron chi connectivity index (χ3n) is 3.21. The van der Waals surface area contributed by atoms with Crippen LogP contribution in [0.3, 0.4) is 0 Å². The van der Waals surface area contributed by atoms with Gasteiger partial charge in [0.05, 0.1) is 0 Å². The fourth-order valence-electron chi connectivity index (χ4n) is 1.82. The van der Waals surface area contributed by atoms with Crippen LogP contribution in [0.5, 0.6) is 0 Å². The number of nitrogens with two attached hydrogens (primary N) is 1. The van der Waals surface area contributed by atoms with E-state index in [2.05, 4.69) is 43.1 Å². The molecular weight excluding hydrogens is 208 g/mol. The lowest BCUT2D eigenvalue weighted by Crippen LogP contribution is -1.91. The van der Waals surface area contributed by atoms with Gasteiger partial charge in [-0.2, -0.15) is 0 Å². The van der Waals surface area contributed by atoms with Gasteiger partial charge in [0.2, 0.25) is 0 Å². The van der Waals surface area contributed by atoms with E-state index >= 15 is 0 Å². The Bertz CT molecular complexity index is 471. The standard InChI is InChI=1S/C15H18N2/c1-3-11(2)12-4-6-13(7-5-12)14-8-9-15(16)17-10-14/h4-11H,3H2,1-2H3,(H2,16,17). The lowest BCUT2D eigenvalue weighted by atomic mass is 9.96. The van der Waals surface area contributed by atoms with Gasteiger partial charge >= 0.3 is 0 Å². The fraction of sp³-hybridized carbons (Fsp3) is 0.267. The zero-order valence-corrected chi connectivity index (χ0v) is 10.4. The molecule has 2 N–H and O–H groups in total. The zero-order chi connectivity index (χ0) is 12.3. The van der Waals surface area contributed by atoms with E-state index in [0.717, 1.165) is 5.56 Å². The van der Waals surface area contributed by atoms with Crippen molar-refractivity contribution in [1.82, 2.24) is 4.98 Å². The molecule has 0 aliphatic carbocycles. The van der Waals surface area contributed by atoms with Crippen LogP contribution >= 0.6 is 0 Å². The summed E-state index contributed by atoms with van der Waals surface area (Å²) in [7, 11) is 0. The maximum atomic E-state index is 5.58. The van der Waals surface area contributed by atoms with E-state index < -0.39 is 0 Å². The quantitative estimate of drug-likeness (QED) is 0.863. The largest absolute Gasteiger partial charge is 0.384 e. The molecule has 0 aliphatic heterocycles. The Labute approximate surface area is 103 Å². The fourth-order valence-corrected chi connectivity index (χ4v) is 1.82. The van der Waals surface area contributed by atoms with Crippen LogP contribution in [0.25, 0.3) is 11.1 Å². The first-order chi connectivity index (χ1) is 8.20. The Morgan fingerprint density at radius 2 is 1.71 bits per heavy atom. The molecule has 0 saturated heterocycles. The smallest absolute Gasteiger partial charge is 0.123 e. The lowest BCUT2D eigenvalue weighted by molar-refractivity contribution is 0.734. The number of pyridine rings is 1. The third kappa shape index (κ3) is 2.64. The Balaban J connectivity index is 2.26. The summed E-state index contributed by atoms with van der Waals surface area (Å²) in [6.07, 6.45) is 2.98. The summed E-state index contributed by atoms with van der Waals surface area (Å²) in [6.45, 7) is 4.46. The van der Waals surface area contributed by atoms with Crippen LogP contribution in [0.15, 0.2) is 42.6 Å². The van der Waals surface area contributed by atoms with E-state index in [4.69, 9.17) is 5.73 Å². The second-order valence-corrected chi connectivity index (χ2v) is 4.40. The van der Waals surface area contributed by atoms with Crippen LogP contribution < -0.4 is 5.73 Å². The second kappa shape index (κ2) is 5.00. The number of rotatable bonds is 3. The summed E-state index contributed by atoms with van der Waals surface area (Å²) >= 11 is 0. The Kier molecular flexibility index (Phi) is 3.43. The molecule has 0 bridgehead atoms. The topological polar surface area (TPSA) is 38.9 Å². The number of anilines is 1. The molecule has 17 heavy (non-hydrogen) atoms. The van der Waals surface area contributed by atoms with Gasteiger partial charge in [0.25, 0.3) is 0 Å². The number of nitrogens with zero attached hydrogens (tertiary/aromatic N) is 1. The molecule has 0 aliphatic rings. The number of benzene rings is 1. The number of nitrogen functional groups attached to an aromatic ring is 1. The summed E-state index contributed by atoms with van der Waals surface area (Å²) in [5, 5.41) is 0. The van der Waals surface area contributed by atoms with Crippen LogP contribution in [-0.4, -0.2) is 4.98 Å². The Morgan fingerprint density at radius 1 is 1.06 bits per heavy atom. The van der Waals surface area contributed by atoms with Crippen molar-refractivity contribution in [1.29, 1.82) is 0 Å². The van der Waals surface area contributed by atoms with Crippen molar-refractivity contribution in [2.75, 3.05) is 5.73 Å². The zero-order valence-electron chi connectivity index (χ0n) is 10.4. The van der Waals surface area contributed by atoms with Crippen molar-refractivity contribution in [3.8, 4) is 11.1 Å². The number of aromatic nitrogens is 1. The minimum atomic E-state index is 0.560. The van der Waals surface area contributed by atoms with Gasteiger partial charge < -0.3 is 5.73 Å². The molecular formula is C15H18N2. The molecule has 2 nitrogen and oxygen atoms in total. The molecule has 2 heteroatoms. The minimum Gasteiger partial charge on any atom is -0.384 e. The Morgan fingerprint density at radius 3 is 2.24 bits per heavy atom. The van der Waals surface area contributed by atoms with E-state index in [0.29, 0.717) is 11.7 Å². The SMILES string of the molecule is CCC(C)c1ccc(-c2ccc(N)nc2)cc1. The first kappa shape index (κ1) is 11.6. The molecule has 2 rings (SSSR count). The Hall–Kier alpha value is -1.83. The van der Waals surface area contributed by atoms with Crippen LogP contribution in [0.1, 0.15) is 31.7 Å². The van der Waals surface area contributed by atoms with Crippen molar-refractivity contribution in [2.24, 2.45) is 0 Å². The average molecular weight is 226 g/mol. The summed E-state index contributed by atoms with van der Waals surface area (Å²) in [5.74, 6) is 1.18. The molecule has 1 atom stereocenters. The van der Waals surface area contributed by atoms with Gasteiger partial charge in [-0.25, -0.2) is 4.98 Å². The van der Waals surface area contributed by atoms with Gasteiger partial charge in [0.15, 0.2) is 0 Å². The van der Waals surface area contributed by atoms with E-state index in [-0.39, 0.29) is 0 Å². The first-order valence-electron chi connectivity index (χ1n) is 6.02. The first-order valence-corrected chi connectivity index (χ1v) is 6.02. The highest BCUT2D eigenvalue weighted by atomic mass is 14.8. The third-order valence-corrected chi connectivity index (χ3v) is 3.21. The normalized spacial score (nSPS) is 12.4. The van der Waals surface area contributed by atoms with Crippen molar-refractivity contribution in [2.45, 2.75) is 26.2 Å².